The lowest BCUT2D eigenvalue weighted by Crippen LogP contribution is -2.19. The third kappa shape index (κ3) is 3.38. The third-order valence-electron chi connectivity index (χ3n) is 3.93. The molecule has 0 atom stereocenters. The van der Waals surface area contributed by atoms with Crippen molar-refractivity contribution in [2.24, 2.45) is 0 Å². The number of rotatable bonds is 3. The van der Waals surface area contributed by atoms with Gasteiger partial charge in [0, 0.05) is 11.3 Å². The highest BCUT2D eigenvalue weighted by molar-refractivity contribution is 6.33. The predicted octanol–water partition coefficient (Wildman–Crippen LogP) is 5.53. The molecule has 0 unspecified atom stereocenters. The van der Waals surface area contributed by atoms with Gasteiger partial charge in [0.1, 0.15) is 5.82 Å². The number of aromatic nitrogens is 2. The largest absolute Gasteiger partial charge is 0.338 e. The molecule has 0 radical (unpaired) electrons. The van der Waals surface area contributed by atoms with Crippen LogP contribution in [0.2, 0.25) is 5.02 Å². The maximum Gasteiger partial charge on any atom is 0.323 e. The van der Waals surface area contributed by atoms with Crippen LogP contribution in [-0.4, -0.2) is 16.0 Å². The molecule has 0 saturated carbocycles. The van der Waals surface area contributed by atoms with Crippen LogP contribution in [0.1, 0.15) is 0 Å². The summed E-state index contributed by atoms with van der Waals surface area (Å²) in [5.41, 5.74) is 4.09. The number of aromatic amines is 1. The molecule has 4 aromatic rings. The van der Waals surface area contributed by atoms with E-state index in [9.17, 15) is 4.79 Å². The van der Waals surface area contributed by atoms with Crippen molar-refractivity contribution in [1.29, 1.82) is 0 Å². The highest BCUT2D eigenvalue weighted by Crippen LogP contribution is 2.23. The number of carbonyl (C=O) groups is 1. The average molecular weight is 363 g/mol. The number of nitrogens with one attached hydrogen (secondary N) is 3. The number of carbonyl (C=O) groups excluding carboxylic acids is 1. The summed E-state index contributed by atoms with van der Waals surface area (Å²) in [5.74, 6) is 0.790. The molecule has 0 aliphatic carbocycles. The minimum atomic E-state index is -0.352. The van der Waals surface area contributed by atoms with E-state index >= 15 is 0 Å². The van der Waals surface area contributed by atoms with E-state index in [2.05, 4.69) is 20.6 Å². The number of hydrogen-bond acceptors (Lipinski definition) is 2. The number of benzene rings is 3. The van der Waals surface area contributed by atoms with E-state index in [0.29, 0.717) is 16.4 Å². The number of hydrogen-bond donors (Lipinski definition) is 3. The first-order valence-corrected chi connectivity index (χ1v) is 8.44. The molecule has 6 heteroatoms. The number of amides is 2. The van der Waals surface area contributed by atoms with Crippen LogP contribution in [0, 0.1) is 0 Å². The molecule has 26 heavy (non-hydrogen) atoms. The molecule has 128 valence electrons. The topological polar surface area (TPSA) is 69.8 Å². The van der Waals surface area contributed by atoms with Gasteiger partial charge in [0.05, 0.1) is 21.7 Å². The van der Waals surface area contributed by atoms with Crippen LogP contribution in [0.15, 0.2) is 72.8 Å². The summed E-state index contributed by atoms with van der Waals surface area (Å²) < 4.78 is 0. The molecule has 1 aromatic heterocycles. The van der Waals surface area contributed by atoms with E-state index in [1.165, 1.54) is 0 Å². The van der Waals surface area contributed by atoms with Crippen LogP contribution in [-0.2, 0) is 0 Å². The van der Waals surface area contributed by atoms with Gasteiger partial charge >= 0.3 is 6.03 Å². The number of fused-ring (bicyclic) bond motifs is 1. The summed E-state index contributed by atoms with van der Waals surface area (Å²) >= 11 is 6.04. The number of H-pyrrole nitrogens is 1. The maximum absolute atomic E-state index is 12.1. The van der Waals surface area contributed by atoms with Crippen LogP contribution >= 0.6 is 11.6 Å². The van der Waals surface area contributed by atoms with Gasteiger partial charge in [-0.2, -0.15) is 0 Å². The second kappa shape index (κ2) is 6.90. The lowest BCUT2D eigenvalue weighted by molar-refractivity contribution is 0.262. The van der Waals surface area contributed by atoms with Crippen molar-refractivity contribution in [2.75, 3.05) is 10.6 Å². The SMILES string of the molecule is O=C(Nc1ccc(-c2nc3ccccc3[nH]2)cc1)Nc1ccccc1Cl. The number of para-hydroxylation sites is 3. The Morgan fingerprint density at radius 2 is 1.62 bits per heavy atom. The zero-order valence-corrected chi connectivity index (χ0v) is 14.4. The molecule has 1 heterocycles. The first-order chi connectivity index (χ1) is 12.7. The molecular weight excluding hydrogens is 348 g/mol. The lowest BCUT2D eigenvalue weighted by Gasteiger charge is -2.09. The number of anilines is 2. The maximum atomic E-state index is 12.1. The Labute approximate surface area is 155 Å². The fourth-order valence-corrected chi connectivity index (χ4v) is 2.83. The van der Waals surface area contributed by atoms with Crippen LogP contribution in [0.25, 0.3) is 22.4 Å². The minimum absolute atomic E-state index is 0.352. The van der Waals surface area contributed by atoms with E-state index in [0.717, 1.165) is 22.4 Å². The fourth-order valence-electron chi connectivity index (χ4n) is 2.65. The molecule has 3 N–H and O–H groups in total. The number of nitrogens with zero attached hydrogens (tertiary/aromatic N) is 1. The van der Waals surface area contributed by atoms with Gasteiger partial charge in [-0.05, 0) is 48.5 Å². The number of halogens is 1. The highest BCUT2D eigenvalue weighted by Gasteiger charge is 2.07. The van der Waals surface area contributed by atoms with Crippen molar-refractivity contribution in [3.63, 3.8) is 0 Å². The van der Waals surface area contributed by atoms with Gasteiger partial charge in [0.2, 0.25) is 0 Å². The molecule has 0 aliphatic rings. The fraction of sp³-hybridized carbons (Fsp3) is 0. The van der Waals surface area contributed by atoms with Crippen molar-refractivity contribution in [1.82, 2.24) is 9.97 Å². The van der Waals surface area contributed by atoms with Crippen LogP contribution in [0.5, 0.6) is 0 Å². The second-order valence-electron chi connectivity index (χ2n) is 5.74. The zero-order valence-electron chi connectivity index (χ0n) is 13.7. The molecule has 3 aromatic carbocycles. The van der Waals surface area contributed by atoms with Gasteiger partial charge in [0.15, 0.2) is 0 Å². The Hall–Kier alpha value is -3.31. The Bertz CT molecular complexity index is 1040. The quantitative estimate of drug-likeness (QED) is 0.448. The minimum Gasteiger partial charge on any atom is -0.338 e. The highest BCUT2D eigenvalue weighted by atomic mass is 35.5. The Kier molecular flexibility index (Phi) is 4.29. The summed E-state index contributed by atoms with van der Waals surface area (Å²) in [4.78, 5) is 20.0. The van der Waals surface area contributed by atoms with E-state index in [1.807, 2.05) is 60.7 Å². The van der Waals surface area contributed by atoms with Gasteiger partial charge in [-0.25, -0.2) is 9.78 Å². The predicted molar refractivity (Wildman–Crippen MR) is 106 cm³/mol. The van der Waals surface area contributed by atoms with Crippen LogP contribution < -0.4 is 10.6 Å². The lowest BCUT2D eigenvalue weighted by atomic mass is 10.2. The van der Waals surface area contributed by atoms with E-state index in [1.54, 1.807) is 12.1 Å². The molecular formula is C20H15ClN4O. The second-order valence-corrected chi connectivity index (χ2v) is 6.15. The molecule has 0 fully saturated rings. The van der Waals surface area contributed by atoms with Crippen molar-refractivity contribution in [2.45, 2.75) is 0 Å². The monoisotopic (exact) mass is 362 g/mol. The van der Waals surface area contributed by atoms with E-state index in [4.69, 9.17) is 11.6 Å². The van der Waals surface area contributed by atoms with Gasteiger partial charge in [-0.3, -0.25) is 0 Å². The first kappa shape index (κ1) is 16.2. The summed E-state index contributed by atoms with van der Waals surface area (Å²) in [5, 5.41) is 5.99. The van der Waals surface area contributed by atoms with E-state index in [-0.39, 0.29) is 6.03 Å². The molecule has 5 nitrogen and oxygen atoms in total. The van der Waals surface area contributed by atoms with Crippen molar-refractivity contribution < 1.29 is 4.79 Å². The summed E-state index contributed by atoms with van der Waals surface area (Å²) in [7, 11) is 0. The smallest absolute Gasteiger partial charge is 0.323 e. The molecule has 0 saturated heterocycles. The average Bonchev–Trinajstić information content (AvgIpc) is 3.08. The zero-order chi connectivity index (χ0) is 17.9. The summed E-state index contributed by atoms with van der Waals surface area (Å²) in [6.45, 7) is 0. The van der Waals surface area contributed by atoms with Crippen molar-refractivity contribution in [3.8, 4) is 11.4 Å². The van der Waals surface area contributed by atoms with Gasteiger partial charge in [0.25, 0.3) is 0 Å². The number of imidazole rings is 1. The molecule has 0 spiro atoms. The Balaban J connectivity index is 1.47. The summed E-state index contributed by atoms with van der Waals surface area (Å²) in [6.07, 6.45) is 0. The van der Waals surface area contributed by atoms with Crippen molar-refractivity contribution >= 4 is 40.0 Å². The van der Waals surface area contributed by atoms with Gasteiger partial charge in [-0.1, -0.05) is 35.9 Å². The third-order valence-corrected chi connectivity index (χ3v) is 4.26. The number of urea groups is 1. The van der Waals surface area contributed by atoms with Gasteiger partial charge < -0.3 is 15.6 Å². The first-order valence-electron chi connectivity index (χ1n) is 8.07. The van der Waals surface area contributed by atoms with E-state index < -0.39 is 0 Å². The molecule has 0 bridgehead atoms. The van der Waals surface area contributed by atoms with Crippen molar-refractivity contribution in [3.05, 3.63) is 77.8 Å². The molecule has 4 rings (SSSR count). The standard InChI is InChI=1S/C20H15ClN4O/c21-15-5-1-2-6-16(15)25-20(26)22-14-11-9-13(10-12-14)19-23-17-7-3-4-8-18(17)24-19/h1-12H,(H,23,24)(H2,22,25,26). The van der Waals surface area contributed by atoms with Gasteiger partial charge in [-0.15, -0.1) is 0 Å². The normalized spacial score (nSPS) is 10.7. The molecule has 0 aliphatic heterocycles. The molecule has 2 amide bonds. The summed E-state index contributed by atoms with van der Waals surface area (Å²) in [6, 6.07) is 22.1. The van der Waals surface area contributed by atoms with Crippen LogP contribution in [0.3, 0.4) is 0 Å². The Morgan fingerprint density at radius 1 is 0.885 bits per heavy atom. The Morgan fingerprint density at radius 3 is 2.38 bits per heavy atom. The van der Waals surface area contributed by atoms with Crippen LogP contribution in [0.4, 0.5) is 16.2 Å².